The molecule has 1 aromatic rings. The minimum absolute atomic E-state index is 0.163. The highest BCUT2D eigenvalue weighted by Gasteiger charge is 2.29. The molecular formula is C17H25N3O5. The molecule has 0 spiro atoms. The molecule has 0 aromatic heterocycles. The van der Waals surface area contributed by atoms with E-state index in [2.05, 4.69) is 23.2 Å². The largest absolute Gasteiger partial charge is 0.473 e. The van der Waals surface area contributed by atoms with E-state index in [1.165, 1.54) is 5.56 Å². The van der Waals surface area contributed by atoms with Crippen molar-refractivity contribution in [3.8, 4) is 0 Å². The Morgan fingerprint density at radius 2 is 1.80 bits per heavy atom. The van der Waals surface area contributed by atoms with E-state index in [0.717, 1.165) is 25.2 Å². The SMILES string of the molecule is CC1Cc2ccccc2N1C(=O)CNCCN(C)C.O=C(O)C(=O)O. The summed E-state index contributed by atoms with van der Waals surface area (Å²) >= 11 is 0. The lowest BCUT2D eigenvalue weighted by Gasteiger charge is -2.23. The molecule has 1 unspecified atom stereocenters. The smallest absolute Gasteiger partial charge is 0.414 e. The van der Waals surface area contributed by atoms with Gasteiger partial charge < -0.3 is 25.3 Å². The number of carboxylic acids is 2. The van der Waals surface area contributed by atoms with E-state index in [1.54, 1.807) is 0 Å². The molecule has 138 valence electrons. The number of benzene rings is 1. The zero-order chi connectivity index (χ0) is 19.0. The summed E-state index contributed by atoms with van der Waals surface area (Å²) in [4.78, 5) is 34.5. The summed E-state index contributed by atoms with van der Waals surface area (Å²) < 4.78 is 0. The number of anilines is 1. The average molecular weight is 351 g/mol. The number of carbonyl (C=O) groups excluding carboxylic acids is 1. The van der Waals surface area contributed by atoms with Crippen molar-refractivity contribution in [2.24, 2.45) is 0 Å². The second kappa shape index (κ2) is 9.75. The molecule has 3 N–H and O–H groups in total. The number of aliphatic carboxylic acids is 2. The fourth-order valence-electron chi connectivity index (χ4n) is 2.53. The van der Waals surface area contributed by atoms with Crippen LogP contribution in [0.15, 0.2) is 24.3 Å². The second-order valence-corrected chi connectivity index (χ2v) is 6.04. The lowest BCUT2D eigenvalue weighted by molar-refractivity contribution is -0.159. The van der Waals surface area contributed by atoms with E-state index in [4.69, 9.17) is 19.8 Å². The Morgan fingerprint density at radius 1 is 1.20 bits per heavy atom. The van der Waals surface area contributed by atoms with Crippen LogP contribution in [0.3, 0.4) is 0 Å². The number of carboxylic acid groups (broad SMARTS) is 2. The standard InChI is InChI=1S/C15H23N3O.C2H2O4/c1-12-10-13-6-4-5-7-14(13)18(12)15(19)11-16-8-9-17(2)3;3-1(4)2(5)6/h4-7,12,16H,8-11H2,1-3H3;(H,3,4)(H,5,6). The number of nitrogens with zero attached hydrogens (tertiary/aromatic N) is 2. The van der Waals surface area contributed by atoms with Crippen molar-refractivity contribution in [2.75, 3.05) is 38.6 Å². The molecule has 0 bridgehead atoms. The summed E-state index contributed by atoms with van der Waals surface area (Å²) in [5, 5.41) is 18.0. The Labute approximate surface area is 147 Å². The summed E-state index contributed by atoms with van der Waals surface area (Å²) in [7, 11) is 4.06. The molecule has 0 aliphatic carbocycles. The van der Waals surface area contributed by atoms with Crippen LogP contribution in [0.25, 0.3) is 0 Å². The van der Waals surface area contributed by atoms with Gasteiger partial charge in [0, 0.05) is 24.8 Å². The van der Waals surface area contributed by atoms with Gasteiger partial charge in [0.2, 0.25) is 5.91 Å². The third-order valence-electron chi connectivity index (χ3n) is 3.67. The number of hydrogen-bond acceptors (Lipinski definition) is 5. The van der Waals surface area contributed by atoms with Crippen LogP contribution in [0.4, 0.5) is 5.69 Å². The molecule has 0 saturated carbocycles. The van der Waals surface area contributed by atoms with Gasteiger partial charge in [-0.25, -0.2) is 9.59 Å². The number of fused-ring (bicyclic) bond motifs is 1. The van der Waals surface area contributed by atoms with Gasteiger partial charge >= 0.3 is 11.9 Å². The molecule has 1 aromatic carbocycles. The maximum absolute atomic E-state index is 12.3. The molecular weight excluding hydrogens is 326 g/mol. The first kappa shape index (κ1) is 20.6. The molecule has 1 heterocycles. The van der Waals surface area contributed by atoms with E-state index in [9.17, 15) is 4.79 Å². The number of likely N-dealkylation sites (N-methyl/N-ethyl adjacent to an activating group) is 1. The van der Waals surface area contributed by atoms with Crippen molar-refractivity contribution < 1.29 is 24.6 Å². The highest BCUT2D eigenvalue weighted by atomic mass is 16.4. The number of carbonyl (C=O) groups is 3. The van der Waals surface area contributed by atoms with Gasteiger partial charge in [0.25, 0.3) is 0 Å². The summed E-state index contributed by atoms with van der Waals surface area (Å²) in [6, 6.07) is 8.45. The Kier molecular flexibility index (Phi) is 8.03. The number of para-hydroxylation sites is 1. The van der Waals surface area contributed by atoms with Crippen LogP contribution < -0.4 is 10.2 Å². The van der Waals surface area contributed by atoms with Gasteiger partial charge in [-0.3, -0.25) is 4.79 Å². The van der Waals surface area contributed by atoms with Crippen molar-refractivity contribution in [1.29, 1.82) is 0 Å². The van der Waals surface area contributed by atoms with Crippen molar-refractivity contribution in [1.82, 2.24) is 10.2 Å². The second-order valence-electron chi connectivity index (χ2n) is 6.04. The van der Waals surface area contributed by atoms with Crippen molar-refractivity contribution in [3.63, 3.8) is 0 Å². The first-order chi connectivity index (χ1) is 11.7. The van der Waals surface area contributed by atoms with Gasteiger partial charge in [-0.05, 0) is 39.1 Å². The molecule has 0 radical (unpaired) electrons. The first-order valence-electron chi connectivity index (χ1n) is 7.95. The van der Waals surface area contributed by atoms with Crippen LogP contribution >= 0.6 is 0 Å². The Morgan fingerprint density at radius 3 is 2.36 bits per heavy atom. The average Bonchev–Trinajstić information content (AvgIpc) is 2.87. The molecule has 8 nitrogen and oxygen atoms in total. The lowest BCUT2D eigenvalue weighted by Crippen LogP contribution is -2.42. The molecule has 1 aliphatic rings. The van der Waals surface area contributed by atoms with Crippen molar-refractivity contribution >= 4 is 23.5 Å². The summed E-state index contributed by atoms with van der Waals surface area (Å²) in [6.07, 6.45) is 0.958. The molecule has 1 atom stereocenters. The summed E-state index contributed by atoms with van der Waals surface area (Å²) in [5.41, 5.74) is 2.35. The number of hydrogen-bond donors (Lipinski definition) is 3. The van der Waals surface area contributed by atoms with Crippen LogP contribution in [0.2, 0.25) is 0 Å². The van der Waals surface area contributed by atoms with E-state index in [-0.39, 0.29) is 11.9 Å². The van der Waals surface area contributed by atoms with Crippen LogP contribution in [0.1, 0.15) is 12.5 Å². The monoisotopic (exact) mass is 351 g/mol. The zero-order valence-corrected chi connectivity index (χ0v) is 14.7. The van der Waals surface area contributed by atoms with Crippen LogP contribution in [0.5, 0.6) is 0 Å². The van der Waals surface area contributed by atoms with Gasteiger partial charge in [0.1, 0.15) is 0 Å². The minimum Gasteiger partial charge on any atom is -0.473 e. The summed E-state index contributed by atoms with van der Waals surface area (Å²) in [6.45, 7) is 4.30. The maximum atomic E-state index is 12.3. The van der Waals surface area contributed by atoms with Crippen LogP contribution in [-0.4, -0.2) is 72.7 Å². The quantitative estimate of drug-likeness (QED) is 0.516. The minimum atomic E-state index is -1.82. The van der Waals surface area contributed by atoms with Gasteiger partial charge in [-0.15, -0.1) is 0 Å². The Bertz CT molecular complexity index is 606. The van der Waals surface area contributed by atoms with E-state index < -0.39 is 11.9 Å². The topological polar surface area (TPSA) is 110 Å². The predicted octanol–water partition coefficient (Wildman–Crippen LogP) is 0.271. The molecule has 8 heteroatoms. The molecule has 0 fully saturated rings. The number of amides is 1. The normalized spacial score (nSPS) is 15.4. The van der Waals surface area contributed by atoms with Crippen molar-refractivity contribution in [2.45, 2.75) is 19.4 Å². The Hall–Kier alpha value is -2.45. The van der Waals surface area contributed by atoms with E-state index in [1.807, 2.05) is 37.2 Å². The first-order valence-corrected chi connectivity index (χ1v) is 7.95. The lowest BCUT2D eigenvalue weighted by atomic mass is 10.1. The third-order valence-corrected chi connectivity index (χ3v) is 3.67. The zero-order valence-electron chi connectivity index (χ0n) is 14.7. The highest BCUT2D eigenvalue weighted by Crippen LogP contribution is 2.31. The Balaban J connectivity index is 0.000000450. The van der Waals surface area contributed by atoms with Gasteiger partial charge in [-0.1, -0.05) is 18.2 Å². The molecule has 25 heavy (non-hydrogen) atoms. The molecule has 1 amide bonds. The van der Waals surface area contributed by atoms with Gasteiger partial charge in [-0.2, -0.15) is 0 Å². The molecule has 0 saturated heterocycles. The van der Waals surface area contributed by atoms with Crippen LogP contribution in [0, 0.1) is 0 Å². The van der Waals surface area contributed by atoms with Gasteiger partial charge in [0.15, 0.2) is 0 Å². The third kappa shape index (κ3) is 6.52. The predicted molar refractivity (Wildman–Crippen MR) is 93.8 cm³/mol. The van der Waals surface area contributed by atoms with Gasteiger partial charge in [0.05, 0.1) is 6.54 Å². The number of rotatable bonds is 5. The van der Waals surface area contributed by atoms with E-state index in [0.29, 0.717) is 6.54 Å². The molecule has 2 rings (SSSR count). The molecule has 1 aliphatic heterocycles. The number of nitrogens with one attached hydrogen (secondary N) is 1. The van der Waals surface area contributed by atoms with Crippen molar-refractivity contribution in [3.05, 3.63) is 29.8 Å². The van der Waals surface area contributed by atoms with Crippen LogP contribution in [-0.2, 0) is 20.8 Å². The van der Waals surface area contributed by atoms with E-state index >= 15 is 0 Å². The highest BCUT2D eigenvalue weighted by molar-refractivity contribution is 6.27. The fourth-order valence-corrected chi connectivity index (χ4v) is 2.53. The summed E-state index contributed by atoms with van der Waals surface area (Å²) in [5.74, 6) is -3.48. The fraction of sp³-hybridized carbons (Fsp3) is 0.471. The maximum Gasteiger partial charge on any atom is 0.414 e.